The molecule has 0 radical (unpaired) electrons. The van der Waals surface area contributed by atoms with Crippen molar-refractivity contribution in [1.29, 1.82) is 0 Å². The molecule has 0 saturated carbocycles. The molecule has 0 atom stereocenters. The summed E-state index contributed by atoms with van der Waals surface area (Å²) in [5, 5.41) is 5.68. The number of amides is 1. The summed E-state index contributed by atoms with van der Waals surface area (Å²) in [5.41, 5.74) is 1.53. The van der Waals surface area contributed by atoms with Crippen molar-refractivity contribution in [2.75, 3.05) is 17.2 Å². The van der Waals surface area contributed by atoms with Gasteiger partial charge >= 0.3 is 0 Å². The number of carbonyl (C=O) groups excluding carboxylic acids is 1. The zero-order chi connectivity index (χ0) is 14.5. The molecule has 2 N–H and O–H groups in total. The second-order valence-electron chi connectivity index (χ2n) is 4.03. The van der Waals surface area contributed by atoms with Crippen molar-refractivity contribution >= 4 is 28.9 Å². The van der Waals surface area contributed by atoms with Gasteiger partial charge in [0.1, 0.15) is 5.82 Å². The standard InChI is InChI=1S/C14H13ClFN3O/c1-2-18-13-8-17-6-5-10(13)14(20)19-9-3-4-12(16)11(15)7-9/h3-8,18H,2H2,1H3,(H,19,20). The minimum Gasteiger partial charge on any atom is -0.383 e. The molecule has 1 amide bonds. The lowest BCUT2D eigenvalue weighted by molar-refractivity contribution is 0.102. The summed E-state index contributed by atoms with van der Waals surface area (Å²) in [5.74, 6) is -0.840. The maximum atomic E-state index is 13.1. The molecule has 2 rings (SSSR count). The van der Waals surface area contributed by atoms with Gasteiger partial charge < -0.3 is 10.6 Å². The summed E-state index contributed by atoms with van der Waals surface area (Å²) in [6, 6.07) is 5.63. The highest BCUT2D eigenvalue weighted by Crippen LogP contribution is 2.21. The summed E-state index contributed by atoms with van der Waals surface area (Å²) in [6.07, 6.45) is 3.11. The molecule has 0 unspecified atom stereocenters. The number of nitrogens with zero attached hydrogens (tertiary/aromatic N) is 1. The molecule has 0 fully saturated rings. The van der Waals surface area contributed by atoms with Crippen molar-refractivity contribution in [2.24, 2.45) is 0 Å². The van der Waals surface area contributed by atoms with E-state index < -0.39 is 5.82 Å². The first-order valence-electron chi connectivity index (χ1n) is 6.06. The van der Waals surface area contributed by atoms with E-state index in [0.29, 0.717) is 23.5 Å². The molecule has 0 saturated heterocycles. The number of hydrogen-bond acceptors (Lipinski definition) is 3. The molecule has 20 heavy (non-hydrogen) atoms. The minimum atomic E-state index is -0.526. The van der Waals surface area contributed by atoms with Crippen LogP contribution >= 0.6 is 11.6 Å². The number of nitrogens with one attached hydrogen (secondary N) is 2. The van der Waals surface area contributed by atoms with Gasteiger partial charge in [0.2, 0.25) is 0 Å². The first kappa shape index (κ1) is 14.3. The van der Waals surface area contributed by atoms with Crippen LogP contribution in [0.25, 0.3) is 0 Å². The molecule has 0 aliphatic rings. The molecule has 0 aliphatic heterocycles. The number of halogens is 2. The molecular weight excluding hydrogens is 281 g/mol. The van der Waals surface area contributed by atoms with E-state index >= 15 is 0 Å². The Morgan fingerprint density at radius 1 is 1.40 bits per heavy atom. The van der Waals surface area contributed by atoms with Gasteiger partial charge in [-0.25, -0.2) is 4.39 Å². The van der Waals surface area contributed by atoms with Crippen LogP contribution in [-0.4, -0.2) is 17.4 Å². The van der Waals surface area contributed by atoms with Gasteiger partial charge in [0.25, 0.3) is 5.91 Å². The lowest BCUT2D eigenvalue weighted by atomic mass is 10.2. The van der Waals surface area contributed by atoms with Crippen LogP contribution in [-0.2, 0) is 0 Å². The summed E-state index contributed by atoms with van der Waals surface area (Å²) in [6.45, 7) is 2.60. The van der Waals surface area contributed by atoms with Crippen LogP contribution in [0.5, 0.6) is 0 Å². The van der Waals surface area contributed by atoms with Gasteiger partial charge in [-0.3, -0.25) is 9.78 Å². The largest absolute Gasteiger partial charge is 0.383 e. The molecule has 2 aromatic rings. The van der Waals surface area contributed by atoms with Gasteiger partial charge in [-0.1, -0.05) is 11.6 Å². The smallest absolute Gasteiger partial charge is 0.257 e. The van der Waals surface area contributed by atoms with E-state index in [-0.39, 0.29) is 10.9 Å². The second kappa shape index (κ2) is 6.34. The molecule has 1 aromatic carbocycles. The summed E-state index contributed by atoms with van der Waals surface area (Å²) >= 11 is 5.68. The van der Waals surface area contributed by atoms with Crippen molar-refractivity contribution in [3.05, 3.63) is 53.1 Å². The third-order valence-corrected chi connectivity index (χ3v) is 2.90. The van der Waals surface area contributed by atoms with Crippen LogP contribution in [0.2, 0.25) is 5.02 Å². The Kier molecular flexibility index (Phi) is 4.53. The molecule has 4 nitrogen and oxygen atoms in total. The van der Waals surface area contributed by atoms with E-state index in [0.717, 1.165) is 0 Å². The Balaban J connectivity index is 2.21. The number of anilines is 2. The van der Waals surface area contributed by atoms with Crippen LogP contribution in [0, 0.1) is 5.82 Å². The molecule has 1 aromatic heterocycles. The maximum Gasteiger partial charge on any atom is 0.257 e. The summed E-state index contributed by atoms with van der Waals surface area (Å²) in [4.78, 5) is 16.2. The highest BCUT2D eigenvalue weighted by molar-refractivity contribution is 6.31. The highest BCUT2D eigenvalue weighted by Gasteiger charge is 2.12. The molecule has 0 bridgehead atoms. The lowest BCUT2D eigenvalue weighted by Crippen LogP contribution is -2.15. The van der Waals surface area contributed by atoms with Crippen molar-refractivity contribution < 1.29 is 9.18 Å². The van der Waals surface area contributed by atoms with E-state index in [2.05, 4.69) is 15.6 Å². The summed E-state index contributed by atoms with van der Waals surface area (Å²) < 4.78 is 13.1. The SMILES string of the molecule is CCNc1cnccc1C(=O)Nc1ccc(F)c(Cl)c1. The predicted molar refractivity (Wildman–Crippen MR) is 77.8 cm³/mol. The molecule has 0 spiro atoms. The number of rotatable bonds is 4. The van der Waals surface area contributed by atoms with Crippen LogP contribution in [0.15, 0.2) is 36.7 Å². The van der Waals surface area contributed by atoms with Crippen LogP contribution in [0.1, 0.15) is 17.3 Å². The van der Waals surface area contributed by atoms with Crippen LogP contribution < -0.4 is 10.6 Å². The Hall–Kier alpha value is -2.14. The lowest BCUT2D eigenvalue weighted by Gasteiger charge is -2.10. The molecular formula is C14H13ClFN3O. The Bertz CT molecular complexity index is 634. The van der Waals surface area contributed by atoms with Gasteiger partial charge in [-0.05, 0) is 31.2 Å². The second-order valence-corrected chi connectivity index (χ2v) is 4.44. The fraction of sp³-hybridized carbons (Fsp3) is 0.143. The van der Waals surface area contributed by atoms with E-state index in [1.165, 1.54) is 24.4 Å². The Morgan fingerprint density at radius 2 is 2.20 bits per heavy atom. The number of benzene rings is 1. The zero-order valence-corrected chi connectivity index (χ0v) is 11.5. The average molecular weight is 294 g/mol. The fourth-order valence-corrected chi connectivity index (χ4v) is 1.88. The third-order valence-electron chi connectivity index (χ3n) is 2.61. The normalized spacial score (nSPS) is 10.2. The zero-order valence-electron chi connectivity index (χ0n) is 10.8. The number of carbonyl (C=O) groups is 1. The average Bonchev–Trinajstić information content (AvgIpc) is 2.44. The van der Waals surface area contributed by atoms with E-state index in [9.17, 15) is 9.18 Å². The highest BCUT2D eigenvalue weighted by atomic mass is 35.5. The van der Waals surface area contributed by atoms with E-state index in [1.807, 2.05) is 6.92 Å². The van der Waals surface area contributed by atoms with Gasteiger partial charge in [-0.15, -0.1) is 0 Å². The predicted octanol–water partition coefficient (Wildman–Crippen LogP) is 3.56. The topological polar surface area (TPSA) is 54.0 Å². The van der Waals surface area contributed by atoms with Crippen molar-refractivity contribution in [2.45, 2.75) is 6.92 Å². The minimum absolute atomic E-state index is 0.0376. The first-order valence-corrected chi connectivity index (χ1v) is 6.44. The van der Waals surface area contributed by atoms with Crippen LogP contribution in [0.4, 0.5) is 15.8 Å². The van der Waals surface area contributed by atoms with Gasteiger partial charge in [0, 0.05) is 18.4 Å². The Morgan fingerprint density at radius 3 is 2.90 bits per heavy atom. The quantitative estimate of drug-likeness (QED) is 0.906. The van der Waals surface area contributed by atoms with Gasteiger partial charge in [-0.2, -0.15) is 0 Å². The van der Waals surface area contributed by atoms with Gasteiger partial charge in [0.15, 0.2) is 0 Å². The molecule has 104 valence electrons. The monoisotopic (exact) mass is 293 g/mol. The van der Waals surface area contributed by atoms with Crippen molar-refractivity contribution in [1.82, 2.24) is 4.98 Å². The van der Waals surface area contributed by atoms with E-state index in [1.54, 1.807) is 12.3 Å². The number of hydrogen-bond donors (Lipinski definition) is 2. The number of aromatic nitrogens is 1. The molecule has 6 heteroatoms. The van der Waals surface area contributed by atoms with Crippen molar-refractivity contribution in [3.63, 3.8) is 0 Å². The van der Waals surface area contributed by atoms with Gasteiger partial charge in [0.05, 0.1) is 22.5 Å². The summed E-state index contributed by atoms with van der Waals surface area (Å²) in [7, 11) is 0. The van der Waals surface area contributed by atoms with Crippen LogP contribution in [0.3, 0.4) is 0 Å². The first-order chi connectivity index (χ1) is 9.61. The third kappa shape index (κ3) is 3.24. The maximum absolute atomic E-state index is 13.1. The van der Waals surface area contributed by atoms with E-state index in [4.69, 9.17) is 11.6 Å². The Labute approximate surface area is 121 Å². The molecule has 1 heterocycles. The molecule has 0 aliphatic carbocycles. The number of pyridine rings is 1. The fourth-order valence-electron chi connectivity index (χ4n) is 1.70. The van der Waals surface area contributed by atoms with Crippen molar-refractivity contribution in [3.8, 4) is 0 Å².